The van der Waals surface area contributed by atoms with Gasteiger partial charge in [0.1, 0.15) is 18.9 Å². The molecule has 10 heteroatoms. The van der Waals surface area contributed by atoms with Crippen molar-refractivity contribution in [3.8, 4) is 5.75 Å². The van der Waals surface area contributed by atoms with Crippen LogP contribution in [0.2, 0.25) is 0 Å². The quantitative estimate of drug-likeness (QED) is 0.458. The van der Waals surface area contributed by atoms with E-state index in [1.807, 2.05) is 6.07 Å². The Hall–Kier alpha value is -3.92. The Kier molecular flexibility index (Phi) is 8.80. The molecule has 0 spiro atoms. The normalized spacial score (nSPS) is 17.0. The molecule has 0 bridgehead atoms. The maximum absolute atomic E-state index is 12.7. The first-order chi connectivity index (χ1) is 16.8. The van der Waals surface area contributed by atoms with Crippen molar-refractivity contribution in [3.63, 3.8) is 0 Å². The SMILES string of the molecule is CN(CC(=O)O)C(=O)c1cccc(OC[C@@H]2CC(NC(=O)c3ccccc3)CN2C(=O)CCN)c1. The number of hydrogen-bond donors (Lipinski definition) is 3. The molecule has 2 atom stereocenters. The Bertz CT molecular complexity index is 1060. The van der Waals surface area contributed by atoms with Gasteiger partial charge in [0.25, 0.3) is 11.8 Å². The first-order valence-corrected chi connectivity index (χ1v) is 11.3. The Morgan fingerprint density at radius 1 is 1.11 bits per heavy atom. The van der Waals surface area contributed by atoms with E-state index in [-0.39, 0.29) is 43.5 Å². The number of aliphatic carboxylic acids is 1. The molecule has 0 saturated carbocycles. The standard InChI is InChI=1S/C25H30N4O6/c1-28(15-23(31)32)25(34)18-8-5-9-21(12-18)35-16-20-13-19(14-29(20)22(30)10-11-26)27-24(33)17-6-3-2-4-7-17/h2-9,12,19-20H,10-11,13-16,26H2,1H3,(H,27,33)(H,31,32)/t19?,20-/m0/s1. The van der Waals surface area contributed by atoms with Gasteiger partial charge in [0.2, 0.25) is 5.91 Å². The molecule has 2 aromatic rings. The number of benzene rings is 2. The molecule has 3 amide bonds. The highest BCUT2D eigenvalue weighted by Gasteiger charge is 2.36. The molecule has 1 saturated heterocycles. The van der Waals surface area contributed by atoms with Gasteiger partial charge in [-0.05, 0) is 36.8 Å². The number of nitrogens with two attached hydrogens (primary N) is 1. The minimum absolute atomic E-state index is 0.114. The highest BCUT2D eigenvalue weighted by molar-refractivity contribution is 5.96. The average molecular weight is 483 g/mol. The van der Waals surface area contributed by atoms with Gasteiger partial charge in [-0.3, -0.25) is 19.2 Å². The minimum Gasteiger partial charge on any atom is -0.491 e. The molecule has 3 rings (SSSR count). The van der Waals surface area contributed by atoms with Gasteiger partial charge in [-0.25, -0.2) is 0 Å². The largest absolute Gasteiger partial charge is 0.491 e. The van der Waals surface area contributed by atoms with E-state index < -0.39 is 18.4 Å². The van der Waals surface area contributed by atoms with E-state index in [2.05, 4.69) is 5.32 Å². The number of nitrogens with zero attached hydrogens (tertiary/aromatic N) is 2. The van der Waals surface area contributed by atoms with E-state index >= 15 is 0 Å². The van der Waals surface area contributed by atoms with Crippen LogP contribution < -0.4 is 15.8 Å². The smallest absolute Gasteiger partial charge is 0.323 e. The second kappa shape index (κ2) is 12.0. The fraction of sp³-hybridized carbons (Fsp3) is 0.360. The third kappa shape index (κ3) is 7.03. The Balaban J connectivity index is 1.65. The van der Waals surface area contributed by atoms with Gasteiger partial charge >= 0.3 is 5.97 Å². The van der Waals surface area contributed by atoms with Crippen LogP contribution in [0.15, 0.2) is 54.6 Å². The number of carbonyl (C=O) groups is 4. The van der Waals surface area contributed by atoms with E-state index in [4.69, 9.17) is 15.6 Å². The highest BCUT2D eigenvalue weighted by atomic mass is 16.5. The Labute approximate surface area is 203 Å². The number of nitrogens with one attached hydrogen (secondary N) is 1. The van der Waals surface area contributed by atoms with Crippen LogP contribution in [0.5, 0.6) is 5.75 Å². The Morgan fingerprint density at radius 3 is 2.51 bits per heavy atom. The molecule has 1 heterocycles. The predicted octanol–water partition coefficient (Wildman–Crippen LogP) is 0.970. The van der Waals surface area contributed by atoms with Crippen LogP contribution in [-0.2, 0) is 9.59 Å². The van der Waals surface area contributed by atoms with Crippen molar-refractivity contribution in [2.75, 3.05) is 33.3 Å². The molecule has 1 aliphatic heterocycles. The van der Waals surface area contributed by atoms with Crippen molar-refractivity contribution in [3.05, 3.63) is 65.7 Å². The third-order valence-electron chi connectivity index (χ3n) is 5.71. The molecule has 0 aromatic heterocycles. The molecule has 1 fully saturated rings. The predicted molar refractivity (Wildman–Crippen MR) is 128 cm³/mol. The molecule has 2 aromatic carbocycles. The zero-order valence-electron chi connectivity index (χ0n) is 19.6. The van der Waals surface area contributed by atoms with Crippen LogP contribution in [0.3, 0.4) is 0 Å². The van der Waals surface area contributed by atoms with E-state index in [0.717, 1.165) is 4.90 Å². The molecular formula is C25H30N4O6. The highest BCUT2D eigenvalue weighted by Crippen LogP contribution is 2.22. The fourth-order valence-electron chi connectivity index (χ4n) is 4.02. The number of carbonyl (C=O) groups excluding carboxylic acids is 3. The number of likely N-dealkylation sites (N-methyl/N-ethyl adjacent to an activating group) is 1. The van der Waals surface area contributed by atoms with Crippen molar-refractivity contribution >= 4 is 23.7 Å². The lowest BCUT2D eigenvalue weighted by molar-refractivity contribution is -0.137. The minimum atomic E-state index is -1.11. The van der Waals surface area contributed by atoms with Gasteiger partial charge in [-0.15, -0.1) is 0 Å². The number of carboxylic acid groups (broad SMARTS) is 1. The molecular weight excluding hydrogens is 452 g/mol. The molecule has 0 aliphatic carbocycles. The van der Waals surface area contributed by atoms with Crippen LogP contribution in [0, 0.1) is 0 Å². The summed E-state index contributed by atoms with van der Waals surface area (Å²) in [6.07, 6.45) is 0.699. The summed E-state index contributed by atoms with van der Waals surface area (Å²) in [5.74, 6) is -1.45. The van der Waals surface area contributed by atoms with Gasteiger partial charge in [-0.2, -0.15) is 0 Å². The lowest BCUT2D eigenvalue weighted by atomic mass is 10.1. The average Bonchev–Trinajstić information content (AvgIpc) is 3.25. The summed E-state index contributed by atoms with van der Waals surface area (Å²) in [4.78, 5) is 51.4. The van der Waals surface area contributed by atoms with Crippen molar-refractivity contribution < 1.29 is 29.0 Å². The molecule has 186 valence electrons. The zero-order valence-corrected chi connectivity index (χ0v) is 19.6. The van der Waals surface area contributed by atoms with Crippen LogP contribution in [0.1, 0.15) is 33.6 Å². The summed E-state index contributed by atoms with van der Waals surface area (Å²) < 4.78 is 5.91. The van der Waals surface area contributed by atoms with Gasteiger partial charge < -0.3 is 30.7 Å². The van der Waals surface area contributed by atoms with Crippen LogP contribution >= 0.6 is 0 Å². The first kappa shape index (κ1) is 25.7. The first-order valence-electron chi connectivity index (χ1n) is 11.3. The Morgan fingerprint density at radius 2 is 1.83 bits per heavy atom. The maximum Gasteiger partial charge on any atom is 0.323 e. The summed E-state index contributed by atoms with van der Waals surface area (Å²) in [6.45, 7) is 0.318. The summed E-state index contributed by atoms with van der Waals surface area (Å²) in [6, 6.07) is 14.8. The summed E-state index contributed by atoms with van der Waals surface area (Å²) >= 11 is 0. The molecule has 1 unspecified atom stereocenters. The molecule has 4 N–H and O–H groups in total. The third-order valence-corrected chi connectivity index (χ3v) is 5.71. The van der Waals surface area contributed by atoms with Crippen molar-refractivity contribution in [2.45, 2.75) is 24.9 Å². The number of likely N-dealkylation sites (tertiary alicyclic amines) is 1. The summed E-state index contributed by atoms with van der Waals surface area (Å²) in [7, 11) is 1.41. The number of ether oxygens (including phenoxy) is 1. The van der Waals surface area contributed by atoms with Crippen molar-refractivity contribution in [1.29, 1.82) is 0 Å². The fourth-order valence-corrected chi connectivity index (χ4v) is 4.02. The number of rotatable bonds is 10. The van der Waals surface area contributed by atoms with Crippen LogP contribution in [-0.4, -0.2) is 84.0 Å². The second-order valence-corrected chi connectivity index (χ2v) is 8.40. The van der Waals surface area contributed by atoms with Crippen LogP contribution in [0.4, 0.5) is 0 Å². The van der Waals surface area contributed by atoms with Crippen molar-refractivity contribution in [2.24, 2.45) is 5.73 Å². The van der Waals surface area contributed by atoms with Crippen LogP contribution in [0.25, 0.3) is 0 Å². The summed E-state index contributed by atoms with van der Waals surface area (Å²) in [5.41, 5.74) is 6.41. The zero-order chi connectivity index (χ0) is 25.4. The van der Waals surface area contributed by atoms with Gasteiger partial charge in [0.15, 0.2) is 0 Å². The van der Waals surface area contributed by atoms with E-state index in [1.165, 1.54) is 13.1 Å². The van der Waals surface area contributed by atoms with E-state index in [0.29, 0.717) is 29.8 Å². The lowest BCUT2D eigenvalue weighted by Crippen LogP contribution is -2.41. The topological polar surface area (TPSA) is 142 Å². The second-order valence-electron chi connectivity index (χ2n) is 8.40. The maximum atomic E-state index is 12.7. The van der Waals surface area contributed by atoms with Gasteiger partial charge in [-0.1, -0.05) is 24.3 Å². The summed E-state index contributed by atoms with van der Waals surface area (Å²) in [5, 5.41) is 11.9. The molecule has 1 aliphatic rings. The molecule has 10 nitrogen and oxygen atoms in total. The molecule has 35 heavy (non-hydrogen) atoms. The van der Waals surface area contributed by atoms with Gasteiger partial charge in [0.05, 0.1) is 6.04 Å². The lowest BCUT2D eigenvalue weighted by Gasteiger charge is -2.24. The van der Waals surface area contributed by atoms with E-state index in [1.54, 1.807) is 47.4 Å². The van der Waals surface area contributed by atoms with E-state index in [9.17, 15) is 19.2 Å². The monoisotopic (exact) mass is 482 g/mol. The van der Waals surface area contributed by atoms with Gasteiger partial charge in [0, 0.05) is 43.7 Å². The number of amides is 3. The van der Waals surface area contributed by atoms with Crippen molar-refractivity contribution in [1.82, 2.24) is 15.1 Å². The number of carboxylic acids is 1. The molecule has 0 radical (unpaired) electrons. The number of hydrogen-bond acceptors (Lipinski definition) is 6.